The van der Waals surface area contributed by atoms with Gasteiger partial charge in [-0.1, -0.05) is 176 Å². The van der Waals surface area contributed by atoms with E-state index in [9.17, 15) is 0 Å². The number of nitrogens with zero attached hydrogens (tertiary/aromatic N) is 1. The first kappa shape index (κ1) is 36.4. The number of rotatable bonds is 7. The molecule has 1 nitrogen and oxygen atoms in total. The van der Waals surface area contributed by atoms with E-state index < -0.39 is 0 Å². The summed E-state index contributed by atoms with van der Waals surface area (Å²) < 4.78 is 0. The lowest BCUT2D eigenvalue weighted by Gasteiger charge is -2.19. The number of aromatic nitrogens is 1. The van der Waals surface area contributed by atoms with Crippen LogP contribution in [-0.2, 0) is 0 Å². The second kappa shape index (κ2) is 15.2. The highest BCUT2D eigenvalue weighted by molar-refractivity contribution is 7.19. The number of pyridine rings is 1. The van der Waals surface area contributed by atoms with Gasteiger partial charge in [0, 0.05) is 35.8 Å². The van der Waals surface area contributed by atoms with Crippen LogP contribution in [0.15, 0.2) is 224 Å². The second-order valence-corrected chi connectivity index (χ2v) is 18.0. The molecule has 0 amide bonds. The predicted octanol–water partition coefficient (Wildman–Crippen LogP) is 17.5. The summed E-state index contributed by atoms with van der Waals surface area (Å²) in [6.45, 7) is 0. The summed E-state index contributed by atoms with van der Waals surface area (Å²) in [5.74, 6) is 0. The molecule has 12 aromatic rings. The van der Waals surface area contributed by atoms with Gasteiger partial charge in [0.1, 0.15) is 0 Å². The fraction of sp³-hybridized carbons (Fsp3) is 0. The van der Waals surface area contributed by atoms with Crippen LogP contribution in [0.1, 0.15) is 0 Å². The first-order valence-electron chi connectivity index (χ1n) is 21.0. The maximum atomic E-state index is 5.38. The van der Waals surface area contributed by atoms with Crippen molar-refractivity contribution in [1.82, 2.24) is 4.98 Å². The summed E-state index contributed by atoms with van der Waals surface area (Å²) in [4.78, 5) is 10.4. The summed E-state index contributed by atoms with van der Waals surface area (Å²) in [6, 6.07) is 81.9. The van der Waals surface area contributed by atoms with E-state index >= 15 is 0 Å². The molecule has 62 heavy (non-hydrogen) atoms. The van der Waals surface area contributed by atoms with Crippen LogP contribution < -0.4 is 0 Å². The monoisotopic (exact) mass is 823 g/mol. The Morgan fingerprint density at radius 2 is 0.661 bits per heavy atom. The third kappa shape index (κ3) is 6.33. The summed E-state index contributed by atoms with van der Waals surface area (Å²) >= 11 is 3.69. The molecular formula is C59H37NS2. The van der Waals surface area contributed by atoms with E-state index in [1.165, 1.54) is 96.3 Å². The van der Waals surface area contributed by atoms with Crippen molar-refractivity contribution in [2.45, 2.75) is 0 Å². The van der Waals surface area contributed by atoms with Gasteiger partial charge in [-0.05, 0) is 120 Å². The molecule has 0 unspecified atom stereocenters. The Morgan fingerprint density at radius 3 is 1.24 bits per heavy atom. The molecule has 9 aromatic carbocycles. The zero-order chi connectivity index (χ0) is 41.0. The molecule has 0 radical (unpaired) electrons. The Morgan fingerprint density at radius 1 is 0.242 bits per heavy atom. The highest BCUT2D eigenvalue weighted by Gasteiger charge is 2.20. The predicted molar refractivity (Wildman–Crippen MR) is 268 cm³/mol. The molecule has 0 fully saturated rings. The average Bonchev–Trinajstić information content (AvgIpc) is 4.06. The van der Waals surface area contributed by atoms with Crippen molar-refractivity contribution in [2.24, 2.45) is 0 Å². The molecule has 0 saturated heterocycles. The molecule has 0 bridgehead atoms. The highest BCUT2D eigenvalue weighted by Crippen LogP contribution is 2.47. The van der Waals surface area contributed by atoms with Crippen LogP contribution >= 0.6 is 22.7 Å². The highest BCUT2D eigenvalue weighted by atomic mass is 32.1. The maximum absolute atomic E-state index is 5.38. The van der Waals surface area contributed by atoms with Crippen molar-refractivity contribution >= 4 is 65.9 Å². The van der Waals surface area contributed by atoms with Crippen LogP contribution in [-0.4, -0.2) is 4.98 Å². The zero-order valence-corrected chi connectivity index (χ0v) is 35.3. The van der Waals surface area contributed by atoms with Crippen molar-refractivity contribution in [3.8, 4) is 75.3 Å². The number of benzene rings is 9. The van der Waals surface area contributed by atoms with Gasteiger partial charge < -0.3 is 0 Å². The molecule has 12 rings (SSSR count). The zero-order valence-electron chi connectivity index (χ0n) is 33.6. The Balaban J connectivity index is 1.09. The van der Waals surface area contributed by atoms with Crippen molar-refractivity contribution in [2.75, 3.05) is 0 Å². The van der Waals surface area contributed by atoms with Gasteiger partial charge in [0.05, 0.1) is 11.2 Å². The Kier molecular flexibility index (Phi) is 8.95. The van der Waals surface area contributed by atoms with E-state index in [1.807, 2.05) is 22.7 Å². The number of fused-ring (bicyclic) bond motifs is 5. The van der Waals surface area contributed by atoms with Crippen LogP contribution in [0, 0.1) is 0 Å². The van der Waals surface area contributed by atoms with Crippen LogP contribution in [0.4, 0.5) is 0 Å². The molecule has 0 spiro atoms. The normalized spacial score (nSPS) is 11.5. The molecule has 0 aliphatic heterocycles. The molecule has 0 aliphatic rings. The standard InChI is InChI=1S/C59H37NS2/c1-3-15-38(16-4-1)53-31-33-55(61-53)40-19-13-21-42(35-40)57-47-25-8-9-26-48(47)58(43-22-14-20-41(36-43)56-34-32-54(62-56)39-17-5-2-6-18-39)51-37-44(29-30-49(51)57)59-50-27-10-7-23-45(50)46-24-11-12-28-52(46)60-59/h1-37H. The van der Waals surface area contributed by atoms with Crippen molar-refractivity contribution in [3.63, 3.8) is 0 Å². The van der Waals surface area contributed by atoms with Gasteiger partial charge in [0.15, 0.2) is 0 Å². The quantitative estimate of drug-likeness (QED) is 0.115. The second-order valence-electron chi connectivity index (χ2n) is 15.8. The van der Waals surface area contributed by atoms with Gasteiger partial charge in [-0.15, -0.1) is 22.7 Å². The third-order valence-corrected chi connectivity index (χ3v) is 14.5. The fourth-order valence-corrected chi connectivity index (χ4v) is 11.2. The summed E-state index contributed by atoms with van der Waals surface area (Å²) in [5, 5.41) is 8.42. The van der Waals surface area contributed by atoms with E-state index in [0.29, 0.717) is 0 Å². The van der Waals surface area contributed by atoms with Gasteiger partial charge in [-0.3, -0.25) is 0 Å². The molecule has 3 heterocycles. The van der Waals surface area contributed by atoms with E-state index in [1.54, 1.807) is 0 Å². The number of thiophene rings is 2. The van der Waals surface area contributed by atoms with Gasteiger partial charge in [-0.25, -0.2) is 4.98 Å². The Hall–Kier alpha value is -7.43. The largest absolute Gasteiger partial charge is 0.247 e. The smallest absolute Gasteiger partial charge is 0.0788 e. The van der Waals surface area contributed by atoms with Crippen LogP contribution in [0.3, 0.4) is 0 Å². The Bertz CT molecular complexity index is 3630. The van der Waals surface area contributed by atoms with Gasteiger partial charge in [0.25, 0.3) is 0 Å². The van der Waals surface area contributed by atoms with Gasteiger partial charge in [0.2, 0.25) is 0 Å². The minimum Gasteiger partial charge on any atom is -0.247 e. The topological polar surface area (TPSA) is 12.9 Å². The lowest BCUT2D eigenvalue weighted by atomic mass is 9.84. The Labute approximate surface area is 368 Å². The van der Waals surface area contributed by atoms with Crippen molar-refractivity contribution in [1.29, 1.82) is 0 Å². The number of para-hydroxylation sites is 1. The lowest BCUT2D eigenvalue weighted by molar-refractivity contribution is 1.43. The molecule has 3 aromatic heterocycles. The van der Waals surface area contributed by atoms with Crippen LogP contribution in [0.5, 0.6) is 0 Å². The SMILES string of the molecule is c1ccc(-c2ccc(-c3cccc(-c4c5ccccc5c(-c5cccc(-c6ccc(-c7ccccc7)s6)c5)c5cc(-c6nc7ccccc7c7ccccc67)ccc45)c3)s2)cc1. The number of hydrogen-bond acceptors (Lipinski definition) is 3. The molecule has 290 valence electrons. The molecule has 3 heteroatoms. The number of hydrogen-bond donors (Lipinski definition) is 0. The van der Waals surface area contributed by atoms with Gasteiger partial charge in [-0.2, -0.15) is 0 Å². The third-order valence-electron chi connectivity index (χ3n) is 12.1. The summed E-state index contributed by atoms with van der Waals surface area (Å²) in [6.07, 6.45) is 0. The molecule has 0 atom stereocenters. The maximum Gasteiger partial charge on any atom is 0.0788 e. The molecule has 0 saturated carbocycles. The van der Waals surface area contributed by atoms with Crippen LogP contribution in [0.25, 0.3) is 118 Å². The summed E-state index contributed by atoms with van der Waals surface area (Å²) in [7, 11) is 0. The minimum absolute atomic E-state index is 0.997. The molecule has 0 N–H and O–H groups in total. The van der Waals surface area contributed by atoms with Crippen molar-refractivity contribution in [3.05, 3.63) is 224 Å². The average molecular weight is 824 g/mol. The van der Waals surface area contributed by atoms with E-state index in [0.717, 1.165) is 22.2 Å². The lowest BCUT2D eigenvalue weighted by Crippen LogP contribution is -1.94. The first-order chi connectivity index (χ1) is 30.7. The van der Waals surface area contributed by atoms with E-state index in [4.69, 9.17) is 4.98 Å². The fourth-order valence-electron chi connectivity index (χ4n) is 9.23. The van der Waals surface area contributed by atoms with Gasteiger partial charge >= 0.3 is 0 Å². The summed E-state index contributed by atoms with van der Waals surface area (Å²) in [5.41, 5.74) is 12.9. The first-order valence-corrected chi connectivity index (χ1v) is 22.7. The van der Waals surface area contributed by atoms with Crippen LogP contribution in [0.2, 0.25) is 0 Å². The molecule has 0 aliphatic carbocycles. The minimum atomic E-state index is 0.997. The molecular weight excluding hydrogens is 787 g/mol. The van der Waals surface area contributed by atoms with E-state index in [2.05, 4.69) is 224 Å². The van der Waals surface area contributed by atoms with E-state index in [-0.39, 0.29) is 0 Å². The van der Waals surface area contributed by atoms with Crippen molar-refractivity contribution < 1.29 is 0 Å².